The number of nitrogens with zero attached hydrogens (tertiary/aromatic N) is 3. The van der Waals surface area contributed by atoms with E-state index in [9.17, 15) is 4.79 Å². The van der Waals surface area contributed by atoms with E-state index in [4.69, 9.17) is 15.9 Å². The van der Waals surface area contributed by atoms with Gasteiger partial charge in [0.15, 0.2) is 0 Å². The number of likely N-dealkylation sites (tertiary alicyclic amines) is 1. The summed E-state index contributed by atoms with van der Waals surface area (Å²) in [6.45, 7) is 6.72. The lowest BCUT2D eigenvalue weighted by Gasteiger charge is -2.19. The smallest absolute Gasteiger partial charge is 0.209 e. The predicted molar refractivity (Wildman–Crippen MR) is 139 cm³/mol. The Labute approximate surface area is 204 Å². The van der Waals surface area contributed by atoms with Crippen molar-refractivity contribution in [3.8, 4) is 5.75 Å². The molecule has 180 valence electrons. The highest BCUT2D eigenvalue weighted by Crippen LogP contribution is 2.41. The number of ether oxygens (including phenoxy) is 1. The molecule has 2 aromatic heterocycles. The zero-order valence-corrected chi connectivity index (χ0v) is 20.6. The van der Waals surface area contributed by atoms with Crippen LogP contribution in [0.4, 0.5) is 17.2 Å². The number of rotatable bonds is 6. The molecule has 0 spiro atoms. The van der Waals surface area contributed by atoms with Crippen LogP contribution in [0.3, 0.4) is 0 Å². The molecule has 1 atom stereocenters. The van der Waals surface area contributed by atoms with Gasteiger partial charge in [-0.25, -0.2) is 9.97 Å². The van der Waals surface area contributed by atoms with Crippen molar-refractivity contribution in [2.75, 3.05) is 30.7 Å². The Morgan fingerprint density at radius 3 is 2.79 bits per heavy atom. The summed E-state index contributed by atoms with van der Waals surface area (Å²) in [6.07, 6.45) is 9.52. The first-order chi connectivity index (χ1) is 16.5. The van der Waals surface area contributed by atoms with Crippen LogP contribution in [0, 0.1) is 11.3 Å². The van der Waals surface area contributed by atoms with Crippen LogP contribution in [0.1, 0.15) is 49.1 Å². The molecule has 2 aliphatic rings. The first kappa shape index (κ1) is 23.9. The maximum atomic E-state index is 9.93. The highest BCUT2D eigenvalue weighted by Gasteiger charge is 2.23. The van der Waals surface area contributed by atoms with Gasteiger partial charge in [0, 0.05) is 41.5 Å². The number of hydrogen-bond donors (Lipinski definition) is 3. The number of hydrogen-bond acceptors (Lipinski definition) is 8. The summed E-state index contributed by atoms with van der Waals surface area (Å²) in [5.41, 5.74) is 9.32. The number of anilines is 3. The number of nitrogens with one attached hydrogen (secondary N) is 2. The third kappa shape index (κ3) is 5.14. The normalized spacial score (nSPS) is 17.0. The molecule has 1 fully saturated rings. The maximum Gasteiger partial charge on any atom is 0.209 e. The number of aromatic nitrogens is 2. The van der Waals surface area contributed by atoms with Crippen molar-refractivity contribution in [2.24, 2.45) is 5.92 Å². The van der Waals surface area contributed by atoms with E-state index in [0.717, 1.165) is 54.1 Å². The Balaban J connectivity index is 0.000000336. The SMILES string of the molecule is CCOc1cc(N)c(C=N)cc1Nc1ncnc2sc3c(c12)CCC(C)C3.O=CN1CCCC1. The second-order valence-electron chi connectivity index (χ2n) is 8.78. The standard InChI is InChI=1S/C20H23N5OS.C5H9NO/c1-3-26-16-8-14(22)12(9-21)7-15(16)25-19-18-13-5-4-11(2)6-17(13)27-20(18)24-10-23-19;7-5-6-3-1-2-4-6/h7-11,21H,3-6,22H2,1-2H3,(H,23,24,25);5H,1-4H2. The van der Waals surface area contributed by atoms with Crippen molar-refractivity contribution in [3.63, 3.8) is 0 Å². The first-order valence-corrected chi connectivity index (χ1v) is 12.6. The fraction of sp³-hybridized carbons (Fsp3) is 0.440. The average molecular weight is 481 g/mol. The summed E-state index contributed by atoms with van der Waals surface area (Å²) in [4.78, 5) is 23.2. The van der Waals surface area contributed by atoms with Crippen molar-refractivity contribution in [1.82, 2.24) is 14.9 Å². The summed E-state index contributed by atoms with van der Waals surface area (Å²) in [6, 6.07) is 3.59. The maximum absolute atomic E-state index is 9.93. The average Bonchev–Trinajstić information content (AvgIpc) is 3.49. The molecule has 3 aromatic rings. The summed E-state index contributed by atoms with van der Waals surface area (Å²) >= 11 is 1.77. The van der Waals surface area contributed by atoms with Crippen LogP contribution >= 0.6 is 11.3 Å². The second kappa shape index (κ2) is 10.8. The topological polar surface area (TPSA) is 117 Å². The van der Waals surface area contributed by atoms with E-state index in [1.54, 1.807) is 28.6 Å². The summed E-state index contributed by atoms with van der Waals surface area (Å²) in [5.74, 6) is 2.16. The van der Waals surface area contributed by atoms with Gasteiger partial charge in [-0.05, 0) is 56.6 Å². The highest BCUT2D eigenvalue weighted by atomic mass is 32.1. The molecular weight excluding hydrogens is 448 g/mol. The molecule has 1 aliphatic carbocycles. The molecule has 9 heteroatoms. The van der Waals surface area contributed by atoms with Crippen LogP contribution in [0.25, 0.3) is 10.2 Å². The van der Waals surface area contributed by atoms with Crippen molar-refractivity contribution < 1.29 is 9.53 Å². The van der Waals surface area contributed by atoms with Crippen molar-refractivity contribution >= 4 is 51.4 Å². The summed E-state index contributed by atoms with van der Waals surface area (Å²) < 4.78 is 5.75. The molecule has 5 rings (SSSR count). The minimum atomic E-state index is 0.522. The van der Waals surface area contributed by atoms with Gasteiger partial charge in [0.05, 0.1) is 17.7 Å². The van der Waals surface area contributed by atoms with E-state index in [1.165, 1.54) is 35.9 Å². The van der Waals surface area contributed by atoms with Gasteiger partial charge in [-0.15, -0.1) is 11.3 Å². The highest BCUT2D eigenvalue weighted by molar-refractivity contribution is 7.19. The monoisotopic (exact) mass is 480 g/mol. The van der Waals surface area contributed by atoms with Gasteiger partial charge in [-0.1, -0.05) is 6.92 Å². The number of nitrogens with two attached hydrogens (primary N) is 1. The fourth-order valence-corrected chi connectivity index (χ4v) is 5.80. The van der Waals surface area contributed by atoms with E-state index in [2.05, 4.69) is 22.2 Å². The molecule has 0 radical (unpaired) electrons. The molecule has 3 heterocycles. The number of thiophene rings is 1. The molecule has 8 nitrogen and oxygen atoms in total. The molecule has 34 heavy (non-hydrogen) atoms. The molecule has 1 amide bonds. The molecule has 1 aromatic carbocycles. The Morgan fingerprint density at radius 1 is 1.32 bits per heavy atom. The number of aryl methyl sites for hydroxylation is 1. The zero-order chi connectivity index (χ0) is 24.1. The largest absolute Gasteiger partial charge is 0.492 e. The van der Waals surface area contributed by atoms with Crippen LogP contribution in [-0.2, 0) is 17.6 Å². The third-order valence-corrected chi connectivity index (χ3v) is 7.44. The lowest BCUT2D eigenvalue weighted by molar-refractivity contribution is -0.117. The quantitative estimate of drug-likeness (QED) is 0.266. The Bertz CT molecular complexity index is 1170. The van der Waals surface area contributed by atoms with Crippen molar-refractivity contribution in [3.05, 3.63) is 34.5 Å². The number of fused-ring (bicyclic) bond motifs is 3. The van der Waals surface area contributed by atoms with Gasteiger partial charge in [-0.2, -0.15) is 0 Å². The van der Waals surface area contributed by atoms with Crippen LogP contribution in [0.5, 0.6) is 5.75 Å². The Kier molecular flexibility index (Phi) is 7.62. The number of carbonyl (C=O) groups is 1. The predicted octanol–water partition coefficient (Wildman–Crippen LogP) is 4.78. The molecule has 1 aliphatic heterocycles. The van der Waals surface area contributed by atoms with Gasteiger partial charge in [0.1, 0.15) is 22.7 Å². The molecule has 4 N–H and O–H groups in total. The molecule has 1 unspecified atom stereocenters. The fourth-order valence-electron chi connectivity index (χ4n) is 4.45. The Morgan fingerprint density at radius 2 is 2.12 bits per heavy atom. The second-order valence-corrected chi connectivity index (χ2v) is 9.87. The summed E-state index contributed by atoms with van der Waals surface area (Å²) in [7, 11) is 0. The molecule has 0 bridgehead atoms. The van der Waals surface area contributed by atoms with E-state index in [-0.39, 0.29) is 0 Å². The van der Waals surface area contributed by atoms with Gasteiger partial charge in [-0.3, -0.25) is 4.79 Å². The minimum Gasteiger partial charge on any atom is -0.492 e. The van der Waals surface area contributed by atoms with E-state index in [1.807, 2.05) is 13.0 Å². The van der Waals surface area contributed by atoms with Crippen LogP contribution in [0.15, 0.2) is 18.5 Å². The van der Waals surface area contributed by atoms with Gasteiger partial charge >= 0.3 is 0 Å². The molecular formula is C25H32N6O2S. The lowest BCUT2D eigenvalue weighted by Crippen LogP contribution is -2.15. The molecule has 0 saturated carbocycles. The van der Waals surface area contributed by atoms with Crippen molar-refractivity contribution in [2.45, 2.75) is 46.0 Å². The first-order valence-electron chi connectivity index (χ1n) is 11.8. The number of nitrogen functional groups attached to an aromatic ring is 1. The number of benzene rings is 1. The third-order valence-electron chi connectivity index (χ3n) is 6.28. The van der Waals surface area contributed by atoms with Crippen LogP contribution in [0.2, 0.25) is 0 Å². The van der Waals surface area contributed by atoms with Gasteiger partial charge in [0.2, 0.25) is 6.41 Å². The van der Waals surface area contributed by atoms with Crippen LogP contribution in [-0.4, -0.2) is 47.2 Å². The number of amides is 1. The van der Waals surface area contributed by atoms with E-state index in [0.29, 0.717) is 29.5 Å². The number of carbonyl (C=O) groups excluding carboxylic acids is 1. The zero-order valence-electron chi connectivity index (χ0n) is 19.8. The van der Waals surface area contributed by atoms with Crippen LogP contribution < -0.4 is 15.8 Å². The van der Waals surface area contributed by atoms with Gasteiger partial charge in [0.25, 0.3) is 0 Å². The summed E-state index contributed by atoms with van der Waals surface area (Å²) in [5, 5.41) is 12.1. The minimum absolute atomic E-state index is 0.522. The van der Waals surface area contributed by atoms with Crippen molar-refractivity contribution in [1.29, 1.82) is 5.41 Å². The van der Waals surface area contributed by atoms with Gasteiger partial charge < -0.3 is 26.1 Å². The Hall–Kier alpha value is -3.20. The molecule has 1 saturated heterocycles. The van der Waals surface area contributed by atoms with E-state index < -0.39 is 0 Å². The van der Waals surface area contributed by atoms with E-state index >= 15 is 0 Å². The lowest BCUT2D eigenvalue weighted by atomic mass is 9.89.